The minimum absolute atomic E-state index is 0.0254. The van der Waals surface area contributed by atoms with Crippen LogP contribution in [0.25, 0.3) is 0 Å². The van der Waals surface area contributed by atoms with E-state index in [1.807, 2.05) is 0 Å². The standard InChI is InChI=1S/C13H25N3O4S/c1-2-21(18,19)15-11-3-7-16(8-4-11)12(17)13(14)5-9-20-10-6-13/h11,15H,2-10,14H2,1H3. The van der Waals surface area contributed by atoms with Crippen molar-refractivity contribution in [1.82, 2.24) is 9.62 Å². The summed E-state index contributed by atoms with van der Waals surface area (Å²) in [6.45, 7) is 3.76. The molecule has 2 saturated heterocycles. The van der Waals surface area contributed by atoms with Crippen molar-refractivity contribution in [2.75, 3.05) is 32.1 Å². The van der Waals surface area contributed by atoms with Crippen molar-refractivity contribution in [2.45, 2.75) is 44.2 Å². The van der Waals surface area contributed by atoms with Gasteiger partial charge in [0.1, 0.15) is 0 Å². The lowest BCUT2D eigenvalue weighted by Crippen LogP contribution is -2.60. The van der Waals surface area contributed by atoms with Gasteiger partial charge in [0.15, 0.2) is 0 Å². The molecule has 0 saturated carbocycles. The van der Waals surface area contributed by atoms with Crippen molar-refractivity contribution >= 4 is 15.9 Å². The summed E-state index contributed by atoms with van der Waals surface area (Å²) in [6, 6.07) is -0.0811. The smallest absolute Gasteiger partial charge is 0.242 e. The molecule has 1 amide bonds. The van der Waals surface area contributed by atoms with E-state index in [1.165, 1.54) is 0 Å². The van der Waals surface area contributed by atoms with Crippen LogP contribution in [0.4, 0.5) is 0 Å². The minimum Gasteiger partial charge on any atom is -0.381 e. The highest BCUT2D eigenvalue weighted by molar-refractivity contribution is 7.89. The van der Waals surface area contributed by atoms with Crippen LogP contribution in [0.2, 0.25) is 0 Å². The molecule has 21 heavy (non-hydrogen) atoms. The quantitative estimate of drug-likeness (QED) is 0.722. The molecule has 0 aromatic rings. The fraction of sp³-hybridized carbons (Fsp3) is 0.923. The Morgan fingerprint density at radius 3 is 2.43 bits per heavy atom. The van der Waals surface area contributed by atoms with Crippen LogP contribution in [0.3, 0.4) is 0 Å². The van der Waals surface area contributed by atoms with Gasteiger partial charge in [0.2, 0.25) is 15.9 Å². The number of hydrogen-bond donors (Lipinski definition) is 2. The Hall–Kier alpha value is -0.700. The van der Waals surface area contributed by atoms with Crippen LogP contribution in [0.15, 0.2) is 0 Å². The summed E-state index contributed by atoms with van der Waals surface area (Å²) in [5.74, 6) is 0.0560. The predicted octanol–water partition coefficient (Wildman–Crippen LogP) is -0.575. The number of hydrogen-bond acceptors (Lipinski definition) is 5. The molecule has 0 atom stereocenters. The van der Waals surface area contributed by atoms with Crippen LogP contribution in [0.5, 0.6) is 0 Å². The number of rotatable bonds is 4. The SMILES string of the molecule is CCS(=O)(=O)NC1CCN(C(=O)C2(N)CCOCC2)CC1. The zero-order valence-electron chi connectivity index (χ0n) is 12.5. The summed E-state index contributed by atoms with van der Waals surface area (Å²) in [4.78, 5) is 14.3. The molecule has 0 aromatic heterocycles. The second-order valence-electron chi connectivity index (χ2n) is 5.86. The summed E-state index contributed by atoms with van der Waals surface area (Å²) in [6.07, 6.45) is 2.37. The Morgan fingerprint density at radius 2 is 1.90 bits per heavy atom. The predicted molar refractivity (Wildman–Crippen MR) is 79.2 cm³/mol. The number of sulfonamides is 1. The second-order valence-corrected chi connectivity index (χ2v) is 7.90. The molecule has 2 aliphatic rings. The molecule has 0 spiro atoms. The average molecular weight is 319 g/mol. The highest BCUT2D eigenvalue weighted by Crippen LogP contribution is 2.23. The number of likely N-dealkylation sites (tertiary alicyclic amines) is 1. The van der Waals surface area contributed by atoms with E-state index >= 15 is 0 Å². The van der Waals surface area contributed by atoms with Crippen LogP contribution in [0.1, 0.15) is 32.6 Å². The number of carbonyl (C=O) groups excluding carboxylic acids is 1. The van der Waals surface area contributed by atoms with Gasteiger partial charge in [0.25, 0.3) is 0 Å². The first kappa shape index (κ1) is 16.7. The maximum Gasteiger partial charge on any atom is 0.242 e. The molecule has 3 N–H and O–H groups in total. The van der Waals surface area contributed by atoms with Gasteiger partial charge in [-0.25, -0.2) is 13.1 Å². The van der Waals surface area contributed by atoms with Crippen molar-refractivity contribution in [3.63, 3.8) is 0 Å². The Morgan fingerprint density at radius 1 is 1.33 bits per heavy atom. The number of nitrogens with two attached hydrogens (primary N) is 1. The molecule has 8 heteroatoms. The van der Waals surface area contributed by atoms with Gasteiger partial charge in [0.05, 0.1) is 11.3 Å². The second kappa shape index (κ2) is 6.60. The van der Waals surface area contributed by atoms with Gasteiger partial charge in [-0.2, -0.15) is 0 Å². The lowest BCUT2D eigenvalue weighted by Gasteiger charge is -2.39. The molecule has 2 aliphatic heterocycles. The highest BCUT2D eigenvalue weighted by Gasteiger charge is 2.40. The third-order valence-corrected chi connectivity index (χ3v) is 5.77. The zero-order valence-corrected chi connectivity index (χ0v) is 13.3. The summed E-state index contributed by atoms with van der Waals surface area (Å²) in [5, 5.41) is 0. The van der Waals surface area contributed by atoms with Gasteiger partial charge in [-0.15, -0.1) is 0 Å². The average Bonchev–Trinajstić information content (AvgIpc) is 2.48. The first-order chi connectivity index (χ1) is 9.86. The van der Waals surface area contributed by atoms with E-state index < -0.39 is 15.6 Å². The Bertz CT molecular complexity index is 466. The maximum atomic E-state index is 12.5. The third kappa shape index (κ3) is 4.15. The maximum absolute atomic E-state index is 12.5. The fourth-order valence-corrected chi connectivity index (χ4v) is 3.71. The minimum atomic E-state index is -3.18. The Balaban J connectivity index is 1.87. The monoisotopic (exact) mass is 319 g/mol. The van der Waals surface area contributed by atoms with Crippen LogP contribution < -0.4 is 10.5 Å². The topological polar surface area (TPSA) is 102 Å². The third-order valence-electron chi connectivity index (χ3n) is 4.32. The summed E-state index contributed by atoms with van der Waals surface area (Å²) < 4.78 is 31.0. The number of nitrogens with one attached hydrogen (secondary N) is 1. The summed E-state index contributed by atoms with van der Waals surface area (Å²) >= 11 is 0. The fourth-order valence-electron chi connectivity index (χ4n) is 2.80. The van der Waals surface area contributed by atoms with Gasteiger partial charge in [0, 0.05) is 32.3 Å². The molecular formula is C13H25N3O4S. The van der Waals surface area contributed by atoms with Crippen molar-refractivity contribution in [3.05, 3.63) is 0 Å². The molecular weight excluding hydrogens is 294 g/mol. The molecule has 0 aliphatic carbocycles. The highest BCUT2D eigenvalue weighted by atomic mass is 32.2. The van der Waals surface area contributed by atoms with E-state index in [4.69, 9.17) is 10.5 Å². The molecule has 2 fully saturated rings. The summed E-state index contributed by atoms with van der Waals surface area (Å²) in [7, 11) is -3.18. The molecule has 2 heterocycles. The number of ether oxygens (including phenoxy) is 1. The molecule has 2 rings (SSSR count). The number of nitrogens with zero attached hydrogens (tertiary/aromatic N) is 1. The van der Waals surface area contributed by atoms with Crippen LogP contribution in [-0.4, -0.2) is 62.9 Å². The Labute approximate surface area is 126 Å². The van der Waals surface area contributed by atoms with Crippen molar-refractivity contribution in [1.29, 1.82) is 0 Å². The molecule has 7 nitrogen and oxygen atoms in total. The first-order valence-electron chi connectivity index (χ1n) is 7.52. The normalized spacial score (nSPS) is 24.0. The lowest BCUT2D eigenvalue weighted by atomic mass is 9.89. The first-order valence-corrected chi connectivity index (χ1v) is 9.17. The van der Waals surface area contributed by atoms with Gasteiger partial charge >= 0.3 is 0 Å². The number of piperidine rings is 1. The van der Waals surface area contributed by atoms with E-state index in [0.717, 1.165) is 0 Å². The van der Waals surface area contributed by atoms with E-state index in [0.29, 0.717) is 52.0 Å². The number of amides is 1. The molecule has 0 bridgehead atoms. The van der Waals surface area contributed by atoms with Gasteiger partial charge in [-0.3, -0.25) is 4.79 Å². The molecule has 0 aromatic carbocycles. The molecule has 0 unspecified atom stereocenters. The Kier molecular flexibility index (Phi) is 5.24. The lowest BCUT2D eigenvalue weighted by molar-refractivity contribution is -0.141. The van der Waals surface area contributed by atoms with Crippen molar-refractivity contribution in [2.24, 2.45) is 5.73 Å². The van der Waals surface area contributed by atoms with Crippen molar-refractivity contribution < 1.29 is 17.9 Å². The van der Waals surface area contributed by atoms with E-state index in [-0.39, 0.29) is 17.7 Å². The van der Waals surface area contributed by atoms with E-state index in [9.17, 15) is 13.2 Å². The van der Waals surface area contributed by atoms with E-state index in [1.54, 1.807) is 11.8 Å². The van der Waals surface area contributed by atoms with Crippen molar-refractivity contribution in [3.8, 4) is 0 Å². The number of carbonyl (C=O) groups is 1. The van der Waals surface area contributed by atoms with Crippen LogP contribution in [0, 0.1) is 0 Å². The zero-order chi connectivity index (χ0) is 15.5. The van der Waals surface area contributed by atoms with Gasteiger partial charge in [-0.1, -0.05) is 0 Å². The summed E-state index contributed by atoms with van der Waals surface area (Å²) in [5.41, 5.74) is 5.40. The van der Waals surface area contributed by atoms with Gasteiger partial charge in [-0.05, 0) is 32.6 Å². The molecule has 122 valence electrons. The van der Waals surface area contributed by atoms with Crippen LogP contribution >= 0.6 is 0 Å². The van der Waals surface area contributed by atoms with E-state index in [2.05, 4.69) is 4.72 Å². The molecule has 0 radical (unpaired) electrons. The largest absolute Gasteiger partial charge is 0.381 e. The van der Waals surface area contributed by atoms with Gasteiger partial charge < -0.3 is 15.4 Å². The van der Waals surface area contributed by atoms with Crippen LogP contribution in [-0.2, 0) is 19.6 Å².